The van der Waals surface area contributed by atoms with Crippen LogP contribution in [-0.2, 0) is 6.42 Å². The zero-order chi connectivity index (χ0) is 20.0. The highest BCUT2D eigenvalue weighted by Crippen LogP contribution is 2.29. The van der Waals surface area contributed by atoms with Gasteiger partial charge in [-0.2, -0.15) is 0 Å². The first-order valence-electron chi connectivity index (χ1n) is 9.49. The van der Waals surface area contributed by atoms with Gasteiger partial charge in [-0.3, -0.25) is 9.98 Å². The van der Waals surface area contributed by atoms with E-state index in [1.165, 1.54) is 10.9 Å². The van der Waals surface area contributed by atoms with E-state index in [0.717, 1.165) is 51.7 Å². The normalized spacial score (nSPS) is 13.2. The molecule has 1 aliphatic rings. The number of H-pyrrole nitrogens is 2. The minimum Gasteiger partial charge on any atom is -0.508 e. The van der Waals surface area contributed by atoms with Gasteiger partial charge in [0.05, 0.1) is 28.6 Å². The Morgan fingerprint density at radius 3 is 2.31 bits per heavy atom. The maximum absolute atomic E-state index is 9.41. The van der Waals surface area contributed by atoms with Gasteiger partial charge in [0.25, 0.3) is 0 Å². The lowest BCUT2D eigenvalue weighted by atomic mass is 10.0. The monoisotopic (exact) mass is 384 g/mol. The van der Waals surface area contributed by atoms with Crippen LogP contribution in [0.4, 0.5) is 0 Å². The molecule has 2 aromatic carbocycles. The number of fused-ring (bicyclic) bond motifs is 6. The molecule has 0 spiro atoms. The Morgan fingerprint density at radius 2 is 1.52 bits per heavy atom. The molecule has 144 valence electrons. The number of nitrogens with one attached hydrogen (secondary N) is 2. The fourth-order valence-electron chi connectivity index (χ4n) is 3.97. The molecule has 6 nitrogen and oxygen atoms in total. The number of hydrogen-bond acceptors (Lipinski definition) is 4. The Hall–Kier alpha value is -3.80. The van der Waals surface area contributed by atoms with Crippen LogP contribution in [0.5, 0.6) is 11.5 Å². The summed E-state index contributed by atoms with van der Waals surface area (Å²) in [6.07, 6.45) is 4.53. The van der Waals surface area contributed by atoms with E-state index in [0.29, 0.717) is 5.75 Å². The Kier molecular flexibility index (Phi) is 3.98. The lowest BCUT2D eigenvalue weighted by molar-refractivity contribution is 0.475. The fourth-order valence-corrected chi connectivity index (χ4v) is 3.97. The quantitative estimate of drug-likeness (QED) is 0.313. The van der Waals surface area contributed by atoms with Crippen LogP contribution in [0, 0.1) is 0 Å². The van der Waals surface area contributed by atoms with Gasteiger partial charge < -0.3 is 20.2 Å². The smallest absolute Gasteiger partial charge is 0.117 e. The van der Waals surface area contributed by atoms with Crippen LogP contribution in [0.2, 0.25) is 0 Å². The topological polar surface area (TPSA) is 97.3 Å². The van der Waals surface area contributed by atoms with Gasteiger partial charge in [0.2, 0.25) is 0 Å². The lowest BCUT2D eigenvalue weighted by Crippen LogP contribution is -2.08. The van der Waals surface area contributed by atoms with Gasteiger partial charge in [0.15, 0.2) is 0 Å². The van der Waals surface area contributed by atoms with Crippen LogP contribution in [-0.4, -0.2) is 37.4 Å². The second-order valence-electron chi connectivity index (χ2n) is 7.20. The highest BCUT2D eigenvalue weighted by Gasteiger charge is 2.16. The summed E-state index contributed by atoms with van der Waals surface area (Å²) in [6.45, 7) is 2.89. The molecule has 6 rings (SSSR count). The van der Waals surface area contributed by atoms with E-state index in [-0.39, 0.29) is 5.75 Å². The number of benzene rings is 2. The average molecular weight is 384 g/mol. The van der Waals surface area contributed by atoms with Crippen LogP contribution in [0.15, 0.2) is 59.9 Å². The van der Waals surface area contributed by atoms with Crippen LogP contribution in [0.25, 0.3) is 32.7 Å². The molecule has 4 heterocycles. The largest absolute Gasteiger partial charge is 0.508 e. The molecule has 0 saturated carbocycles. The van der Waals surface area contributed by atoms with Crippen LogP contribution >= 0.6 is 0 Å². The van der Waals surface area contributed by atoms with Gasteiger partial charge in [-0.25, -0.2) is 0 Å². The molecule has 0 bridgehead atoms. The summed E-state index contributed by atoms with van der Waals surface area (Å²) < 4.78 is 0. The number of pyridine rings is 1. The number of hydrogen-bond donors (Lipinski definition) is 4. The van der Waals surface area contributed by atoms with Crippen molar-refractivity contribution in [3.8, 4) is 11.5 Å². The number of phenols is 2. The second-order valence-corrected chi connectivity index (χ2v) is 7.20. The molecule has 0 radical (unpaired) electrons. The summed E-state index contributed by atoms with van der Waals surface area (Å²) in [7, 11) is 0. The molecular weight excluding hydrogens is 364 g/mol. The molecule has 0 unspecified atom stereocenters. The van der Waals surface area contributed by atoms with E-state index in [4.69, 9.17) is 0 Å². The van der Waals surface area contributed by atoms with Crippen LogP contribution in [0.3, 0.4) is 0 Å². The summed E-state index contributed by atoms with van der Waals surface area (Å²) in [6, 6.07) is 12.7. The first-order valence-corrected chi connectivity index (χ1v) is 9.49. The van der Waals surface area contributed by atoms with Crippen LogP contribution in [0.1, 0.15) is 18.2 Å². The predicted octanol–water partition coefficient (Wildman–Crippen LogP) is 4.66. The Morgan fingerprint density at radius 1 is 0.828 bits per heavy atom. The molecule has 0 amide bonds. The molecule has 1 aliphatic heterocycles. The first kappa shape index (κ1) is 17.3. The summed E-state index contributed by atoms with van der Waals surface area (Å²) in [5, 5.41) is 22.2. The summed E-state index contributed by atoms with van der Waals surface area (Å²) in [4.78, 5) is 15.0. The van der Waals surface area contributed by atoms with E-state index in [9.17, 15) is 10.2 Å². The summed E-state index contributed by atoms with van der Waals surface area (Å²) >= 11 is 0. The molecule has 3 aromatic heterocycles. The number of phenolic OH excluding ortho intramolecular Hbond substituents is 2. The highest BCUT2D eigenvalue weighted by molar-refractivity contribution is 6.07. The number of aromatic nitrogens is 3. The van der Waals surface area contributed by atoms with E-state index in [2.05, 4.69) is 19.9 Å². The molecule has 4 N–H and O–H groups in total. The van der Waals surface area contributed by atoms with Crippen molar-refractivity contribution in [2.24, 2.45) is 4.99 Å². The van der Waals surface area contributed by atoms with Gasteiger partial charge in [-0.15, -0.1) is 0 Å². The number of aromatic hydroxyl groups is 2. The minimum atomic E-state index is 0.275. The number of rotatable bonds is 0. The number of aromatic amines is 2. The Bertz CT molecular complexity index is 1390. The lowest BCUT2D eigenvalue weighted by Gasteiger charge is -2.08. The van der Waals surface area contributed by atoms with Crippen molar-refractivity contribution in [3.63, 3.8) is 0 Å². The van der Waals surface area contributed by atoms with Crippen molar-refractivity contribution >= 4 is 38.4 Å². The zero-order valence-corrected chi connectivity index (χ0v) is 15.9. The molecular formula is C23H20N4O2. The molecule has 0 saturated heterocycles. The Balaban J connectivity index is 0.000000125. The fraction of sp³-hybridized carbons (Fsp3) is 0.130. The first-order chi connectivity index (χ1) is 14.1. The van der Waals surface area contributed by atoms with Crippen molar-refractivity contribution in [2.45, 2.75) is 13.3 Å². The molecule has 0 atom stereocenters. The van der Waals surface area contributed by atoms with Crippen molar-refractivity contribution in [3.05, 3.63) is 66.1 Å². The molecule has 0 aliphatic carbocycles. The van der Waals surface area contributed by atoms with Crippen molar-refractivity contribution in [1.29, 1.82) is 0 Å². The summed E-state index contributed by atoms with van der Waals surface area (Å²) in [5.41, 5.74) is 6.45. The third kappa shape index (κ3) is 2.99. The SMILES string of the molecule is CC1=NCCc2c1[nH]c1cc(O)ccc21.Oc1ccc2c(c1)[nH]c1cnccc12. The van der Waals surface area contributed by atoms with E-state index in [1.807, 2.05) is 25.1 Å². The molecule has 0 fully saturated rings. The van der Waals surface area contributed by atoms with E-state index in [1.54, 1.807) is 36.7 Å². The van der Waals surface area contributed by atoms with Crippen molar-refractivity contribution in [1.82, 2.24) is 15.0 Å². The second kappa shape index (κ2) is 6.67. The van der Waals surface area contributed by atoms with Crippen molar-refractivity contribution < 1.29 is 10.2 Å². The third-order valence-electron chi connectivity index (χ3n) is 5.35. The van der Waals surface area contributed by atoms with E-state index < -0.39 is 0 Å². The van der Waals surface area contributed by atoms with Gasteiger partial charge in [-0.05, 0) is 49.2 Å². The average Bonchev–Trinajstić information content (AvgIpc) is 3.26. The maximum Gasteiger partial charge on any atom is 0.117 e. The van der Waals surface area contributed by atoms with Gasteiger partial charge in [0.1, 0.15) is 11.5 Å². The van der Waals surface area contributed by atoms with E-state index >= 15 is 0 Å². The minimum absolute atomic E-state index is 0.275. The van der Waals surface area contributed by atoms with Gasteiger partial charge in [0, 0.05) is 46.5 Å². The zero-order valence-electron chi connectivity index (χ0n) is 15.9. The standard InChI is InChI=1S/C12H12N2O.C11H8N2O/c1-7-12-10(4-5-13-7)9-3-2-8(15)6-11(9)14-12;14-7-1-2-8-9-3-4-12-6-11(9)13-10(8)5-7/h2-3,6,14-15H,4-5H2,1H3;1-6,13-14H. The van der Waals surface area contributed by atoms with Gasteiger partial charge >= 0.3 is 0 Å². The molecule has 29 heavy (non-hydrogen) atoms. The molecule has 5 aromatic rings. The van der Waals surface area contributed by atoms with Crippen molar-refractivity contribution in [2.75, 3.05) is 6.54 Å². The third-order valence-corrected chi connectivity index (χ3v) is 5.35. The van der Waals surface area contributed by atoms with Crippen LogP contribution < -0.4 is 0 Å². The highest BCUT2D eigenvalue weighted by atomic mass is 16.3. The molecule has 6 heteroatoms. The number of aliphatic imine (C=N–C) groups is 1. The Labute approximate surface area is 166 Å². The van der Waals surface area contributed by atoms with Gasteiger partial charge in [-0.1, -0.05) is 0 Å². The summed E-state index contributed by atoms with van der Waals surface area (Å²) in [5.74, 6) is 0.577. The predicted molar refractivity (Wildman–Crippen MR) is 116 cm³/mol. The maximum atomic E-state index is 9.41. The number of nitrogens with zero attached hydrogens (tertiary/aromatic N) is 2.